The van der Waals surface area contributed by atoms with Gasteiger partial charge in [-0.25, -0.2) is 0 Å². The number of allylic oxidation sites excluding steroid dienone is 1. The number of anilines is 1. The van der Waals surface area contributed by atoms with Gasteiger partial charge in [-0.15, -0.1) is 0 Å². The molecule has 0 aromatic heterocycles. The van der Waals surface area contributed by atoms with Crippen LogP contribution in [0.5, 0.6) is 11.5 Å². The molecule has 0 unspecified atom stereocenters. The molecule has 3 rings (SSSR count). The van der Waals surface area contributed by atoms with Crippen LogP contribution in [-0.2, 0) is 4.79 Å². The zero-order chi connectivity index (χ0) is 21.7. The lowest BCUT2D eigenvalue weighted by Crippen LogP contribution is -2.36. The van der Waals surface area contributed by atoms with E-state index in [0.29, 0.717) is 22.2 Å². The summed E-state index contributed by atoms with van der Waals surface area (Å²) in [5, 5.41) is 14.8. The summed E-state index contributed by atoms with van der Waals surface area (Å²) in [5.74, 6) is -0.580. The van der Waals surface area contributed by atoms with E-state index < -0.39 is 11.8 Å². The molecule has 2 amide bonds. The summed E-state index contributed by atoms with van der Waals surface area (Å²) in [6.07, 6.45) is 1.28. The van der Waals surface area contributed by atoms with Gasteiger partial charge in [0.25, 0.3) is 5.91 Å². The summed E-state index contributed by atoms with van der Waals surface area (Å²) in [5.41, 5.74) is 6.12. The Morgan fingerprint density at radius 3 is 2.40 bits per heavy atom. The molecule has 0 saturated heterocycles. The third-order valence-corrected chi connectivity index (χ3v) is 4.54. The van der Waals surface area contributed by atoms with Crippen LogP contribution >= 0.6 is 11.6 Å². The summed E-state index contributed by atoms with van der Waals surface area (Å²) < 4.78 is 5.07. The van der Waals surface area contributed by atoms with Gasteiger partial charge in [-0.3, -0.25) is 15.0 Å². The minimum absolute atomic E-state index is 0.117. The second-order valence-corrected chi connectivity index (χ2v) is 6.87. The first-order valence-corrected chi connectivity index (χ1v) is 9.36. The van der Waals surface area contributed by atoms with Crippen LogP contribution in [0.15, 0.2) is 66.4 Å². The Hall–Kier alpha value is -3.71. The molecule has 0 aliphatic carbocycles. The number of fused-ring (bicyclic) bond motifs is 1. The number of amides is 2. The van der Waals surface area contributed by atoms with Crippen molar-refractivity contribution in [3.05, 3.63) is 77.0 Å². The molecule has 8 heteroatoms. The van der Waals surface area contributed by atoms with Gasteiger partial charge < -0.3 is 20.6 Å². The Morgan fingerprint density at radius 2 is 1.73 bits per heavy atom. The Kier molecular flexibility index (Phi) is 6.44. The molecule has 0 aliphatic rings. The Balaban J connectivity index is 1.61. The minimum Gasteiger partial charge on any atom is -0.507 e. The molecule has 0 bridgehead atoms. The summed E-state index contributed by atoms with van der Waals surface area (Å²) in [4.78, 5) is 24.5. The van der Waals surface area contributed by atoms with Crippen LogP contribution < -0.4 is 20.9 Å². The Bertz CT molecular complexity index is 1140. The lowest BCUT2D eigenvalue weighted by molar-refractivity contribution is -0.112. The summed E-state index contributed by atoms with van der Waals surface area (Å²) in [6.45, 7) is 1.61. The molecule has 4 N–H and O–H groups in total. The SMILES string of the molecule is COc1ccc(NC(=O)/C=C(/C)NNC(=O)c2cc3ccccc3cc2O)cc1Cl. The second-order valence-electron chi connectivity index (χ2n) is 6.46. The average Bonchev–Trinajstić information content (AvgIpc) is 2.71. The molecule has 3 aromatic carbocycles. The van der Waals surface area contributed by atoms with Crippen molar-refractivity contribution in [3.8, 4) is 11.5 Å². The maximum absolute atomic E-state index is 12.4. The normalized spacial score (nSPS) is 11.1. The molecule has 0 fully saturated rings. The molecule has 0 saturated carbocycles. The summed E-state index contributed by atoms with van der Waals surface area (Å²) in [7, 11) is 1.50. The van der Waals surface area contributed by atoms with E-state index in [-0.39, 0.29) is 11.3 Å². The van der Waals surface area contributed by atoms with Crippen LogP contribution in [-0.4, -0.2) is 24.0 Å². The van der Waals surface area contributed by atoms with E-state index >= 15 is 0 Å². The predicted molar refractivity (Wildman–Crippen MR) is 117 cm³/mol. The summed E-state index contributed by atoms with van der Waals surface area (Å²) in [6, 6.07) is 15.4. The highest BCUT2D eigenvalue weighted by Crippen LogP contribution is 2.27. The molecule has 30 heavy (non-hydrogen) atoms. The molecule has 0 heterocycles. The first kappa shape index (κ1) is 21.0. The molecule has 0 atom stereocenters. The van der Waals surface area contributed by atoms with E-state index in [0.717, 1.165) is 10.8 Å². The van der Waals surface area contributed by atoms with Crippen LogP contribution in [0.25, 0.3) is 10.8 Å². The largest absolute Gasteiger partial charge is 0.507 e. The number of rotatable bonds is 6. The van der Waals surface area contributed by atoms with E-state index in [4.69, 9.17) is 16.3 Å². The number of aromatic hydroxyl groups is 1. The monoisotopic (exact) mass is 425 g/mol. The molecular weight excluding hydrogens is 406 g/mol. The number of carbonyl (C=O) groups excluding carboxylic acids is 2. The fourth-order valence-corrected chi connectivity index (χ4v) is 3.05. The van der Waals surface area contributed by atoms with E-state index in [1.54, 1.807) is 31.2 Å². The van der Waals surface area contributed by atoms with Crippen LogP contribution in [0.3, 0.4) is 0 Å². The topological polar surface area (TPSA) is 99.7 Å². The number of carbonyl (C=O) groups is 2. The van der Waals surface area contributed by atoms with E-state index in [1.165, 1.54) is 19.3 Å². The molecular formula is C22H20ClN3O4. The highest BCUT2D eigenvalue weighted by molar-refractivity contribution is 6.32. The second kappa shape index (κ2) is 9.19. The van der Waals surface area contributed by atoms with Crippen molar-refractivity contribution in [2.24, 2.45) is 0 Å². The minimum atomic E-state index is -0.534. The standard InChI is InChI=1S/C22H20ClN3O4/c1-13(9-21(28)24-16-7-8-20(30-2)18(23)12-16)25-26-22(29)17-10-14-5-3-4-6-15(14)11-19(17)27/h3-12,25,27H,1-2H3,(H,24,28)(H,26,29)/b13-9-. The first-order chi connectivity index (χ1) is 14.4. The van der Waals surface area contributed by atoms with E-state index in [9.17, 15) is 14.7 Å². The van der Waals surface area contributed by atoms with Gasteiger partial charge in [0.15, 0.2) is 0 Å². The molecule has 3 aromatic rings. The zero-order valence-electron chi connectivity index (χ0n) is 16.3. The van der Waals surface area contributed by atoms with Gasteiger partial charge in [-0.05, 0) is 48.0 Å². The van der Waals surface area contributed by atoms with Crippen molar-refractivity contribution in [1.29, 1.82) is 0 Å². The van der Waals surface area contributed by atoms with Gasteiger partial charge in [0.1, 0.15) is 11.5 Å². The van der Waals surface area contributed by atoms with Crippen molar-refractivity contribution in [3.63, 3.8) is 0 Å². The number of phenols is 1. The predicted octanol–water partition coefficient (Wildman–Crippen LogP) is 3.98. The smallest absolute Gasteiger partial charge is 0.273 e. The molecule has 0 aliphatic heterocycles. The number of hydrogen-bond donors (Lipinski definition) is 4. The number of benzene rings is 3. The van der Waals surface area contributed by atoms with Gasteiger partial charge in [-0.2, -0.15) is 0 Å². The number of ether oxygens (including phenoxy) is 1. The maximum atomic E-state index is 12.4. The van der Waals surface area contributed by atoms with E-state index in [1.807, 2.05) is 24.3 Å². The van der Waals surface area contributed by atoms with Crippen LogP contribution in [0, 0.1) is 0 Å². The number of halogens is 1. The quantitative estimate of drug-likeness (QED) is 0.353. The third-order valence-electron chi connectivity index (χ3n) is 4.25. The van der Waals surface area contributed by atoms with Crippen LogP contribution in [0.1, 0.15) is 17.3 Å². The maximum Gasteiger partial charge on any atom is 0.273 e. The number of methoxy groups -OCH3 is 1. The molecule has 154 valence electrons. The lowest BCUT2D eigenvalue weighted by Gasteiger charge is -2.11. The zero-order valence-corrected chi connectivity index (χ0v) is 17.1. The molecule has 0 spiro atoms. The van der Waals surface area contributed by atoms with Crippen LogP contribution in [0.4, 0.5) is 5.69 Å². The molecule has 0 radical (unpaired) electrons. The number of nitrogens with one attached hydrogen (secondary N) is 3. The highest BCUT2D eigenvalue weighted by atomic mass is 35.5. The van der Waals surface area contributed by atoms with Crippen molar-refractivity contribution in [2.45, 2.75) is 6.92 Å². The van der Waals surface area contributed by atoms with Gasteiger partial charge >= 0.3 is 0 Å². The number of hydrazine groups is 1. The Morgan fingerprint density at radius 1 is 1.03 bits per heavy atom. The first-order valence-electron chi connectivity index (χ1n) is 8.98. The lowest BCUT2D eigenvalue weighted by atomic mass is 10.1. The Labute approximate surface area is 178 Å². The van der Waals surface area contributed by atoms with Gasteiger partial charge in [0.2, 0.25) is 5.91 Å². The number of phenolic OH excluding ortho intramolecular Hbond substituents is 1. The molecule has 7 nitrogen and oxygen atoms in total. The fourth-order valence-electron chi connectivity index (χ4n) is 2.79. The highest BCUT2D eigenvalue weighted by Gasteiger charge is 2.12. The number of hydrogen-bond acceptors (Lipinski definition) is 5. The third kappa shape index (κ3) is 5.01. The van der Waals surface area contributed by atoms with Crippen molar-refractivity contribution in [1.82, 2.24) is 10.9 Å². The fraction of sp³-hybridized carbons (Fsp3) is 0.0909. The van der Waals surface area contributed by atoms with Gasteiger partial charge in [0, 0.05) is 17.5 Å². The van der Waals surface area contributed by atoms with Gasteiger partial charge in [-0.1, -0.05) is 35.9 Å². The van der Waals surface area contributed by atoms with E-state index in [2.05, 4.69) is 16.2 Å². The van der Waals surface area contributed by atoms with Crippen molar-refractivity contribution < 1.29 is 19.4 Å². The van der Waals surface area contributed by atoms with Crippen molar-refractivity contribution in [2.75, 3.05) is 12.4 Å². The summed E-state index contributed by atoms with van der Waals surface area (Å²) >= 11 is 6.04. The van der Waals surface area contributed by atoms with Gasteiger partial charge in [0.05, 0.1) is 17.7 Å². The van der Waals surface area contributed by atoms with Crippen LogP contribution in [0.2, 0.25) is 5.02 Å². The average molecular weight is 426 g/mol. The van der Waals surface area contributed by atoms with Crippen molar-refractivity contribution >= 4 is 39.9 Å².